The second-order valence-corrected chi connectivity index (χ2v) is 7.78. The fourth-order valence-electron chi connectivity index (χ4n) is 3.30. The number of carbonyl (C=O) groups excluding carboxylic acids is 2. The summed E-state index contributed by atoms with van der Waals surface area (Å²) in [5.41, 5.74) is 0.474. The number of thiazole rings is 1. The van der Waals surface area contributed by atoms with Crippen LogP contribution in [-0.2, 0) is 4.79 Å². The minimum absolute atomic E-state index is 0.0820. The Labute approximate surface area is 183 Å². The highest BCUT2D eigenvalue weighted by Crippen LogP contribution is 2.23. The molecule has 1 fully saturated rings. The summed E-state index contributed by atoms with van der Waals surface area (Å²) in [5.74, 6) is -0.866. The number of rotatable bonds is 6. The number of benzene rings is 2. The molecule has 0 atom stereocenters. The van der Waals surface area contributed by atoms with Crippen LogP contribution in [0.15, 0.2) is 60.1 Å². The van der Waals surface area contributed by atoms with Crippen molar-refractivity contribution in [3.63, 3.8) is 0 Å². The van der Waals surface area contributed by atoms with E-state index < -0.39 is 11.7 Å². The van der Waals surface area contributed by atoms with Gasteiger partial charge in [-0.05, 0) is 24.3 Å². The van der Waals surface area contributed by atoms with Crippen molar-refractivity contribution in [1.29, 1.82) is 0 Å². The van der Waals surface area contributed by atoms with Gasteiger partial charge in [0, 0.05) is 37.8 Å². The van der Waals surface area contributed by atoms with Crippen molar-refractivity contribution in [3.8, 4) is 5.75 Å². The Hall–Kier alpha value is -3.46. The van der Waals surface area contributed by atoms with E-state index in [4.69, 9.17) is 4.74 Å². The fourth-order valence-corrected chi connectivity index (χ4v) is 4.00. The average molecular weight is 441 g/mol. The summed E-state index contributed by atoms with van der Waals surface area (Å²) in [6.45, 7) is 2.21. The highest BCUT2D eigenvalue weighted by Gasteiger charge is 2.25. The standard InChI is InChI=1S/C22H21FN4O3S/c23-17-6-2-3-7-18(17)25-20(28)15-30-19-8-4-1-5-16(19)21(29)26-10-12-27(13-11-26)22-24-9-14-31-22/h1-9,14H,10-13,15H2,(H,25,28). The molecule has 0 radical (unpaired) electrons. The van der Waals surface area contributed by atoms with E-state index in [1.807, 2.05) is 5.38 Å². The monoisotopic (exact) mass is 440 g/mol. The maximum Gasteiger partial charge on any atom is 0.262 e. The van der Waals surface area contributed by atoms with Crippen molar-refractivity contribution in [1.82, 2.24) is 9.88 Å². The summed E-state index contributed by atoms with van der Waals surface area (Å²) in [6.07, 6.45) is 1.77. The molecule has 2 aromatic carbocycles. The number of nitrogens with zero attached hydrogens (tertiary/aromatic N) is 3. The lowest BCUT2D eigenvalue weighted by atomic mass is 10.1. The normalized spacial score (nSPS) is 13.7. The number of amides is 2. The number of nitrogens with one attached hydrogen (secondary N) is 1. The van der Waals surface area contributed by atoms with E-state index in [9.17, 15) is 14.0 Å². The molecule has 0 unspecified atom stereocenters. The molecule has 0 aliphatic carbocycles. The van der Waals surface area contributed by atoms with Crippen molar-refractivity contribution in [2.75, 3.05) is 43.0 Å². The second-order valence-electron chi connectivity index (χ2n) is 6.91. The first-order valence-corrected chi connectivity index (χ1v) is 10.7. The summed E-state index contributed by atoms with van der Waals surface area (Å²) in [6, 6.07) is 12.7. The Bertz CT molecular complexity index is 1050. The number of aromatic nitrogens is 1. The first kappa shape index (κ1) is 20.8. The van der Waals surface area contributed by atoms with Gasteiger partial charge in [0.25, 0.3) is 11.8 Å². The van der Waals surface area contributed by atoms with Crippen LogP contribution in [0.4, 0.5) is 15.2 Å². The maximum absolute atomic E-state index is 13.7. The van der Waals surface area contributed by atoms with Gasteiger partial charge in [0.05, 0.1) is 11.3 Å². The van der Waals surface area contributed by atoms with Crippen molar-refractivity contribution in [2.45, 2.75) is 0 Å². The molecule has 1 saturated heterocycles. The van der Waals surface area contributed by atoms with Crippen molar-refractivity contribution in [3.05, 3.63) is 71.5 Å². The van der Waals surface area contributed by atoms with Gasteiger partial charge in [0.2, 0.25) is 0 Å². The van der Waals surface area contributed by atoms with E-state index in [1.54, 1.807) is 58.8 Å². The summed E-state index contributed by atoms with van der Waals surface area (Å²) < 4.78 is 19.3. The molecule has 0 bridgehead atoms. The van der Waals surface area contributed by atoms with Crippen LogP contribution < -0.4 is 15.0 Å². The van der Waals surface area contributed by atoms with Crippen LogP contribution in [0.5, 0.6) is 5.75 Å². The molecule has 4 rings (SSSR count). The Morgan fingerprint density at radius 3 is 2.55 bits per heavy atom. The highest BCUT2D eigenvalue weighted by atomic mass is 32.1. The van der Waals surface area contributed by atoms with Gasteiger partial charge in [-0.2, -0.15) is 0 Å². The van der Waals surface area contributed by atoms with E-state index in [2.05, 4.69) is 15.2 Å². The molecule has 31 heavy (non-hydrogen) atoms. The molecule has 1 N–H and O–H groups in total. The quantitative estimate of drug-likeness (QED) is 0.637. The number of para-hydroxylation sites is 2. The number of halogens is 1. The smallest absolute Gasteiger partial charge is 0.262 e. The van der Waals surface area contributed by atoms with Gasteiger partial charge < -0.3 is 19.9 Å². The van der Waals surface area contributed by atoms with Crippen molar-refractivity contribution < 1.29 is 18.7 Å². The first-order valence-electron chi connectivity index (χ1n) is 9.82. The predicted molar refractivity (Wildman–Crippen MR) is 117 cm³/mol. The zero-order valence-electron chi connectivity index (χ0n) is 16.7. The van der Waals surface area contributed by atoms with Crippen LogP contribution >= 0.6 is 11.3 Å². The number of hydrogen-bond acceptors (Lipinski definition) is 6. The highest BCUT2D eigenvalue weighted by molar-refractivity contribution is 7.13. The molecule has 2 amide bonds. The number of anilines is 2. The Kier molecular flexibility index (Phi) is 6.42. The lowest BCUT2D eigenvalue weighted by molar-refractivity contribution is -0.118. The van der Waals surface area contributed by atoms with Crippen LogP contribution in [0.25, 0.3) is 0 Å². The SMILES string of the molecule is O=C(COc1ccccc1C(=O)N1CCN(c2nccs2)CC1)Nc1ccccc1F. The number of ether oxygens (including phenoxy) is 1. The molecule has 1 aliphatic rings. The third-order valence-electron chi connectivity index (χ3n) is 4.88. The predicted octanol–water partition coefficient (Wildman–Crippen LogP) is 3.26. The minimum atomic E-state index is -0.525. The van der Waals surface area contributed by atoms with Gasteiger partial charge in [0.1, 0.15) is 11.6 Å². The molecule has 9 heteroatoms. The van der Waals surface area contributed by atoms with E-state index in [0.717, 1.165) is 5.13 Å². The molecule has 0 saturated carbocycles. The number of carbonyl (C=O) groups is 2. The number of piperazine rings is 1. The van der Waals surface area contributed by atoms with Gasteiger partial charge >= 0.3 is 0 Å². The second kappa shape index (κ2) is 9.57. The molecular formula is C22H21FN4O3S. The summed E-state index contributed by atoms with van der Waals surface area (Å²) in [7, 11) is 0. The molecule has 2 heterocycles. The molecular weight excluding hydrogens is 419 g/mol. The van der Waals surface area contributed by atoms with Crippen LogP contribution in [0.3, 0.4) is 0 Å². The topological polar surface area (TPSA) is 74.8 Å². The lowest BCUT2D eigenvalue weighted by Gasteiger charge is -2.34. The summed E-state index contributed by atoms with van der Waals surface area (Å²) in [5, 5.41) is 5.35. The van der Waals surface area contributed by atoms with Gasteiger partial charge in [-0.25, -0.2) is 9.37 Å². The van der Waals surface area contributed by atoms with Crippen LogP contribution in [0, 0.1) is 5.82 Å². The van der Waals surface area contributed by atoms with Gasteiger partial charge in [-0.1, -0.05) is 24.3 Å². The van der Waals surface area contributed by atoms with Crippen molar-refractivity contribution >= 4 is 34.0 Å². The van der Waals surface area contributed by atoms with Gasteiger partial charge in [0.15, 0.2) is 11.7 Å². The lowest BCUT2D eigenvalue weighted by Crippen LogP contribution is -2.48. The van der Waals surface area contributed by atoms with Crippen molar-refractivity contribution in [2.24, 2.45) is 0 Å². The minimum Gasteiger partial charge on any atom is -0.483 e. The maximum atomic E-state index is 13.7. The van der Waals surface area contributed by atoms with Crippen LogP contribution in [0.2, 0.25) is 0 Å². The molecule has 0 spiro atoms. The third-order valence-corrected chi connectivity index (χ3v) is 5.71. The number of hydrogen-bond donors (Lipinski definition) is 1. The zero-order valence-corrected chi connectivity index (χ0v) is 17.5. The summed E-state index contributed by atoms with van der Waals surface area (Å²) >= 11 is 1.58. The molecule has 3 aromatic rings. The average Bonchev–Trinajstić information content (AvgIpc) is 3.34. The Morgan fingerprint density at radius 1 is 1.06 bits per heavy atom. The van der Waals surface area contributed by atoms with Crippen LogP contribution in [0.1, 0.15) is 10.4 Å². The van der Waals surface area contributed by atoms with Gasteiger partial charge in [-0.3, -0.25) is 9.59 Å². The molecule has 1 aliphatic heterocycles. The third kappa shape index (κ3) is 5.00. The van der Waals surface area contributed by atoms with E-state index in [1.165, 1.54) is 12.1 Å². The molecule has 7 nitrogen and oxygen atoms in total. The Balaban J connectivity index is 1.36. The van der Waals surface area contributed by atoms with E-state index >= 15 is 0 Å². The molecule has 160 valence electrons. The molecule has 1 aromatic heterocycles. The Morgan fingerprint density at radius 2 is 1.81 bits per heavy atom. The zero-order chi connectivity index (χ0) is 21.6. The van der Waals surface area contributed by atoms with Crippen LogP contribution in [-0.4, -0.2) is 54.5 Å². The van der Waals surface area contributed by atoms with E-state index in [0.29, 0.717) is 37.5 Å². The fraction of sp³-hybridized carbons (Fsp3) is 0.227. The first-order chi connectivity index (χ1) is 15.1. The van der Waals surface area contributed by atoms with E-state index in [-0.39, 0.29) is 18.2 Å². The van der Waals surface area contributed by atoms with Gasteiger partial charge in [-0.15, -0.1) is 11.3 Å². The largest absolute Gasteiger partial charge is 0.483 e. The summed E-state index contributed by atoms with van der Waals surface area (Å²) in [4.78, 5) is 33.5.